The van der Waals surface area contributed by atoms with Gasteiger partial charge in [0.25, 0.3) is 0 Å². The first-order valence-corrected chi connectivity index (χ1v) is 9.92. The van der Waals surface area contributed by atoms with Gasteiger partial charge in [-0.2, -0.15) is 0 Å². The molecule has 4 aromatic carbocycles. The summed E-state index contributed by atoms with van der Waals surface area (Å²) >= 11 is 0. The van der Waals surface area contributed by atoms with Crippen LogP contribution in [-0.4, -0.2) is 12.9 Å². The third-order valence-electron chi connectivity index (χ3n) is 4.78. The Hall–Kier alpha value is -4.05. The second kappa shape index (κ2) is 9.18. The van der Waals surface area contributed by atoms with Gasteiger partial charge < -0.3 is 14.2 Å². The zero-order valence-electron chi connectivity index (χ0n) is 17.4. The highest BCUT2D eigenvalue weighted by atomic mass is 16.5. The highest BCUT2D eigenvalue weighted by Crippen LogP contribution is 2.27. The van der Waals surface area contributed by atoms with Gasteiger partial charge in [0.1, 0.15) is 28.7 Å². The summed E-state index contributed by atoms with van der Waals surface area (Å²) in [6, 6.07) is 29.5. The Kier molecular flexibility index (Phi) is 5.99. The second-order valence-corrected chi connectivity index (χ2v) is 7.07. The average molecular weight is 410 g/mol. The van der Waals surface area contributed by atoms with Crippen molar-refractivity contribution in [2.45, 2.75) is 6.92 Å². The molecule has 4 nitrogen and oxygen atoms in total. The molecular formula is C27H22O4. The maximum atomic E-state index is 12.6. The molecule has 4 heteroatoms. The van der Waals surface area contributed by atoms with Crippen LogP contribution in [0, 0.1) is 6.92 Å². The predicted octanol–water partition coefficient (Wildman–Crippen LogP) is 6.82. The van der Waals surface area contributed by atoms with Crippen molar-refractivity contribution in [3.05, 3.63) is 114 Å². The van der Waals surface area contributed by atoms with E-state index in [1.165, 1.54) is 5.56 Å². The number of ether oxygens (including phenoxy) is 3. The van der Waals surface area contributed by atoms with Crippen LogP contribution in [0.5, 0.6) is 28.7 Å². The number of carbonyl (C=O) groups is 1. The van der Waals surface area contributed by atoms with Gasteiger partial charge in [0.2, 0.25) is 0 Å². The zero-order valence-corrected chi connectivity index (χ0v) is 17.4. The van der Waals surface area contributed by atoms with E-state index < -0.39 is 0 Å². The highest BCUT2D eigenvalue weighted by molar-refractivity contribution is 6.09. The fraction of sp³-hybridized carbons (Fsp3) is 0.0741. The third kappa shape index (κ3) is 5.11. The normalized spacial score (nSPS) is 10.4. The van der Waals surface area contributed by atoms with E-state index in [1.54, 1.807) is 55.6 Å². The first-order chi connectivity index (χ1) is 15.1. The molecule has 0 fully saturated rings. The predicted molar refractivity (Wildman–Crippen MR) is 121 cm³/mol. The van der Waals surface area contributed by atoms with Crippen LogP contribution in [-0.2, 0) is 0 Å². The molecule has 0 aliphatic heterocycles. The van der Waals surface area contributed by atoms with Gasteiger partial charge in [-0.3, -0.25) is 4.79 Å². The van der Waals surface area contributed by atoms with Crippen LogP contribution in [0.4, 0.5) is 0 Å². The van der Waals surface area contributed by atoms with Crippen molar-refractivity contribution in [2.24, 2.45) is 0 Å². The Bertz CT molecular complexity index is 1140. The summed E-state index contributed by atoms with van der Waals surface area (Å²) in [4.78, 5) is 12.6. The van der Waals surface area contributed by atoms with Crippen LogP contribution in [0.3, 0.4) is 0 Å². The third-order valence-corrected chi connectivity index (χ3v) is 4.78. The highest BCUT2D eigenvalue weighted by Gasteiger charge is 2.09. The number of hydrogen-bond acceptors (Lipinski definition) is 4. The molecule has 0 saturated carbocycles. The van der Waals surface area contributed by atoms with Gasteiger partial charge in [-0.05, 0) is 91.9 Å². The first kappa shape index (κ1) is 20.2. The first-order valence-electron chi connectivity index (χ1n) is 9.92. The smallest absolute Gasteiger partial charge is 0.193 e. The van der Waals surface area contributed by atoms with Gasteiger partial charge in [0.05, 0.1) is 7.11 Å². The van der Waals surface area contributed by atoms with Crippen LogP contribution in [0.25, 0.3) is 0 Å². The molecule has 154 valence electrons. The minimum atomic E-state index is -0.0492. The molecule has 0 aromatic heterocycles. The van der Waals surface area contributed by atoms with Gasteiger partial charge in [0.15, 0.2) is 5.78 Å². The van der Waals surface area contributed by atoms with E-state index in [0.717, 1.165) is 17.2 Å². The van der Waals surface area contributed by atoms with Crippen molar-refractivity contribution >= 4 is 5.78 Å². The van der Waals surface area contributed by atoms with Crippen molar-refractivity contribution in [3.8, 4) is 28.7 Å². The second-order valence-electron chi connectivity index (χ2n) is 7.07. The lowest BCUT2D eigenvalue weighted by atomic mass is 10.0. The van der Waals surface area contributed by atoms with Crippen LogP contribution in [0.2, 0.25) is 0 Å². The minimum Gasteiger partial charge on any atom is -0.497 e. The Labute approximate surface area is 181 Å². The number of methoxy groups -OCH3 is 1. The lowest BCUT2D eigenvalue weighted by Gasteiger charge is -2.09. The quantitative estimate of drug-likeness (QED) is 0.314. The Morgan fingerprint density at radius 2 is 0.839 bits per heavy atom. The van der Waals surface area contributed by atoms with E-state index in [2.05, 4.69) is 0 Å². The summed E-state index contributed by atoms with van der Waals surface area (Å²) in [5, 5.41) is 0. The molecule has 4 rings (SSSR count). The van der Waals surface area contributed by atoms with Crippen LogP contribution >= 0.6 is 0 Å². The number of carbonyl (C=O) groups excluding carboxylic acids is 1. The van der Waals surface area contributed by atoms with Crippen molar-refractivity contribution in [1.82, 2.24) is 0 Å². The summed E-state index contributed by atoms with van der Waals surface area (Å²) in [6.45, 7) is 2.04. The molecule has 31 heavy (non-hydrogen) atoms. The molecule has 0 spiro atoms. The molecule has 0 amide bonds. The lowest BCUT2D eigenvalue weighted by molar-refractivity contribution is 0.103. The number of rotatable bonds is 7. The fourth-order valence-corrected chi connectivity index (χ4v) is 3.04. The summed E-state index contributed by atoms with van der Waals surface area (Å²) in [5.74, 6) is 3.53. The van der Waals surface area contributed by atoms with E-state index in [-0.39, 0.29) is 5.78 Å². The molecule has 0 bridgehead atoms. The molecule has 0 aliphatic carbocycles. The summed E-state index contributed by atoms with van der Waals surface area (Å²) < 4.78 is 16.9. The molecule has 0 radical (unpaired) electrons. The summed E-state index contributed by atoms with van der Waals surface area (Å²) in [5.41, 5.74) is 2.39. The topological polar surface area (TPSA) is 44.8 Å². The van der Waals surface area contributed by atoms with Gasteiger partial charge in [-0.1, -0.05) is 17.7 Å². The minimum absolute atomic E-state index is 0.0492. The Balaban J connectivity index is 1.39. The van der Waals surface area contributed by atoms with Crippen molar-refractivity contribution in [2.75, 3.05) is 7.11 Å². The standard InChI is InChI=1S/C27H22O4/c1-19-3-9-23(10-4-19)30-25-15-17-26(18-16-25)31-24-13-7-21(8-14-24)27(28)20-5-11-22(29-2)12-6-20/h3-18H,1-2H3. The fourth-order valence-electron chi connectivity index (χ4n) is 3.04. The van der Waals surface area contributed by atoms with E-state index in [4.69, 9.17) is 14.2 Å². The largest absolute Gasteiger partial charge is 0.497 e. The molecule has 0 aliphatic rings. The van der Waals surface area contributed by atoms with Crippen molar-refractivity contribution < 1.29 is 19.0 Å². The Morgan fingerprint density at radius 3 is 1.23 bits per heavy atom. The van der Waals surface area contributed by atoms with Crippen LogP contribution in [0.15, 0.2) is 97.1 Å². The Morgan fingerprint density at radius 1 is 0.516 bits per heavy atom. The number of ketones is 1. The van der Waals surface area contributed by atoms with Crippen LogP contribution < -0.4 is 14.2 Å². The van der Waals surface area contributed by atoms with E-state index >= 15 is 0 Å². The summed E-state index contributed by atoms with van der Waals surface area (Å²) in [7, 11) is 1.60. The zero-order chi connectivity index (χ0) is 21.6. The van der Waals surface area contributed by atoms with Crippen molar-refractivity contribution in [1.29, 1.82) is 0 Å². The van der Waals surface area contributed by atoms with E-state index in [9.17, 15) is 4.79 Å². The van der Waals surface area contributed by atoms with Gasteiger partial charge in [-0.15, -0.1) is 0 Å². The molecule has 0 atom stereocenters. The van der Waals surface area contributed by atoms with E-state index in [1.807, 2.05) is 55.5 Å². The average Bonchev–Trinajstić information content (AvgIpc) is 2.82. The number of benzene rings is 4. The maximum Gasteiger partial charge on any atom is 0.193 e. The number of aryl methyl sites for hydroxylation is 1. The van der Waals surface area contributed by atoms with E-state index in [0.29, 0.717) is 22.6 Å². The van der Waals surface area contributed by atoms with Crippen molar-refractivity contribution in [3.63, 3.8) is 0 Å². The lowest BCUT2D eigenvalue weighted by Crippen LogP contribution is -2.01. The monoisotopic (exact) mass is 410 g/mol. The summed E-state index contributed by atoms with van der Waals surface area (Å²) in [6.07, 6.45) is 0. The van der Waals surface area contributed by atoms with Gasteiger partial charge >= 0.3 is 0 Å². The van der Waals surface area contributed by atoms with Gasteiger partial charge in [-0.25, -0.2) is 0 Å². The number of hydrogen-bond donors (Lipinski definition) is 0. The van der Waals surface area contributed by atoms with Gasteiger partial charge in [0, 0.05) is 11.1 Å². The molecule has 0 saturated heterocycles. The SMILES string of the molecule is COc1ccc(C(=O)c2ccc(Oc3ccc(Oc4ccc(C)cc4)cc3)cc2)cc1. The van der Waals surface area contributed by atoms with Crippen LogP contribution in [0.1, 0.15) is 21.5 Å². The molecule has 0 N–H and O–H groups in total. The maximum absolute atomic E-state index is 12.6. The molecular weight excluding hydrogens is 388 g/mol. The molecule has 0 heterocycles. The molecule has 4 aromatic rings. The molecule has 0 unspecified atom stereocenters.